The van der Waals surface area contributed by atoms with E-state index < -0.39 is 24.5 Å². The van der Waals surface area contributed by atoms with Crippen molar-refractivity contribution in [2.75, 3.05) is 13.2 Å². The molecule has 6 heteroatoms. The predicted molar refractivity (Wildman–Crippen MR) is 41.8 cm³/mol. The van der Waals surface area contributed by atoms with E-state index in [1.54, 1.807) is 0 Å². The Labute approximate surface area is 79.8 Å². The van der Waals surface area contributed by atoms with E-state index in [1.807, 2.05) is 0 Å². The fourth-order valence-electron chi connectivity index (χ4n) is 1.17. The molecule has 1 aliphatic heterocycles. The molecule has 1 saturated heterocycles. The molecule has 0 bridgehead atoms. The van der Waals surface area contributed by atoms with Crippen LogP contribution in [-0.2, 0) is 9.47 Å². The molecule has 0 radical (unpaired) electrons. The summed E-state index contributed by atoms with van der Waals surface area (Å²) in [7, 11) is 0. The lowest BCUT2D eigenvalue weighted by atomic mass is 10.1. The van der Waals surface area contributed by atoms with Gasteiger partial charge in [0.2, 0.25) is 0 Å². The van der Waals surface area contributed by atoms with E-state index in [0.717, 1.165) is 6.92 Å². The van der Waals surface area contributed by atoms with E-state index in [2.05, 4.69) is 4.74 Å². The summed E-state index contributed by atoms with van der Waals surface area (Å²) in [6, 6.07) is 0. The van der Waals surface area contributed by atoms with Gasteiger partial charge in [-0.05, 0) is 13.3 Å². The normalized spacial score (nSPS) is 31.5. The van der Waals surface area contributed by atoms with Crippen LogP contribution in [0, 0.1) is 0 Å². The van der Waals surface area contributed by atoms with Gasteiger partial charge in [0.15, 0.2) is 6.10 Å². The highest BCUT2D eigenvalue weighted by atomic mass is 19.4. The van der Waals surface area contributed by atoms with Crippen LogP contribution in [0.25, 0.3) is 0 Å². The molecule has 1 fully saturated rings. The van der Waals surface area contributed by atoms with Crippen LogP contribution < -0.4 is 0 Å². The van der Waals surface area contributed by atoms with Gasteiger partial charge < -0.3 is 14.6 Å². The lowest BCUT2D eigenvalue weighted by molar-refractivity contribution is -0.247. The van der Waals surface area contributed by atoms with Crippen molar-refractivity contribution in [3.05, 3.63) is 0 Å². The maximum Gasteiger partial charge on any atom is 0.414 e. The second-order valence-electron chi connectivity index (χ2n) is 3.29. The summed E-state index contributed by atoms with van der Waals surface area (Å²) < 4.78 is 45.8. The molecule has 0 saturated carbocycles. The number of hydrogen-bond donors (Lipinski definition) is 1. The average molecular weight is 214 g/mol. The second-order valence-corrected chi connectivity index (χ2v) is 3.29. The van der Waals surface area contributed by atoms with Crippen molar-refractivity contribution in [2.24, 2.45) is 0 Å². The highest BCUT2D eigenvalue weighted by Crippen LogP contribution is 2.25. The van der Waals surface area contributed by atoms with Crippen LogP contribution in [-0.4, -0.2) is 42.8 Å². The first-order valence-electron chi connectivity index (χ1n) is 4.39. The van der Waals surface area contributed by atoms with Gasteiger partial charge in [0.05, 0.1) is 12.7 Å². The second kappa shape index (κ2) is 4.46. The fraction of sp³-hybridized carbons (Fsp3) is 1.00. The Kier molecular flexibility index (Phi) is 3.74. The average Bonchev–Trinajstić information content (AvgIpc) is 2.07. The van der Waals surface area contributed by atoms with Crippen molar-refractivity contribution >= 4 is 0 Å². The SMILES string of the molecule is CC(OC1COCCC1O)C(F)(F)F. The Morgan fingerprint density at radius 3 is 2.64 bits per heavy atom. The monoisotopic (exact) mass is 214 g/mol. The zero-order chi connectivity index (χ0) is 10.8. The van der Waals surface area contributed by atoms with Crippen LogP contribution in [0.5, 0.6) is 0 Å². The van der Waals surface area contributed by atoms with Crippen molar-refractivity contribution in [2.45, 2.75) is 37.8 Å². The third kappa shape index (κ3) is 3.11. The van der Waals surface area contributed by atoms with Gasteiger partial charge >= 0.3 is 6.18 Å². The Morgan fingerprint density at radius 2 is 2.14 bits per heavy atom. The number of ether oxygens (including phenoxy) is 2. The molecule has 0 aromatic heterocycles. The summed E-state index contributed by atoms with van der Waals surface area (Å²) in [6.45, 7) is 1.30. The Bertz CT molecular complexity index is 183. The van der Waals surface area contributed by atoms with Gasteiger partial charge in [0, 0.05) is 6.61 Å². The molecule has 0 aromatic carbocycles. The first-order chi connectivity index (χ1) is 6.41. The molecule has 1 aliphatic rings. The predicted octanol–water partition coefficient (Wildman–Crippen LogP) is 1.10. The van der Waals surface area contributed by atoms with Crippen LogP contribution in [0.15, 0.2) is 0 Å². The van der Waals surface area contributed by atoms with E-state index in [4.69, 9.17) is 4.74 Å². The molecule has 3 atom stereocenters. The number of aliphatic hydroxyl groups excluding tert-OH is 1. The molecule has 3 nitrogen and oxygen atoms in total. The number of halogens is 3. The van der Waals surface area contributed by atoms with Gasteiger partial charge in [-0.15, -0.1) is 0 Å². The van der Waals surface area contributed by atoms with Gasteiger partial charge in [-0.1, -0.05) is 0 Å². The zero-order valence-electron chi connectivity index (χ0n) is 7.75. The van der Waals surface area contributed by atoms with Crippen LogP contribution in [0.3, 0.4) is 0 Å². The number of alkyl halides is 3. The summed E-state index contributed by atoms with van der Waals surface area (Å²) >= 11 is 0. The van der Waals surface area contributed by atoms with Gasteiger partial charge in [-0.25, -0.2) is 0 Å². The lowest BCUT2D eigenvalue weighted by Gasteiger charge is -2.30. The van der Waals surface area contributed by atoms with Gasteiger partial charge in [0.25, 0.3) is 0 Å². The lowest BCUT2D eigenvalue weighted by Crippen LogP contribution is -2.43. The van der Waals surface area contributed by atoms with Crippen molar-refractivity contribution in [3.63, 3.8) is 0 Å². The quantitative estimate of drug-likeness (QED) is 0.748. The van der Waals surface area contributed by atoms with E-state index in [1.165, 1.54) is 0 Å². The smallest absolute Gasteiger partial charge is 0.390 e. The van der Waals surface area contributed by atoms with Crippen LogP contribution >= 0.6 is 0 Å². The van der Waals surface area contributed by atoms with Gasteiger partial charge in [-0.2, -0.15) is 13.2 Å². The van der Waals surface area contributed by atoms with Gasteiger partial charge in [0.1, 0.15) is 6.10 Å². The fourth-order valence-corrected chi connectivity index (χ4v) is 1.17. The number of hydrogen-bond acceptors (Lipinski definition) is 3. The van der Waals surface area contributed by atoms with E-state index >= 15 is 0 Å². The largest absolute Gasteiger partial charge is 0.414 e. The van der Waals surface area contributed by atoms with Crippen molar-refractivity contribution in [3.8, 4) is 0 Å². The number of rotatable bonds is 2. The molecule has 1 N–H and O–H groups in total. The minimum atomic E-state index is -4.39. The Morgan fingerprint density at radius 1 is 1.50 bits per heavy atom. The van der Waals surface area contributed by atoms with E-state index in [0.29, 0.717) is 13.0 Å². The topological polar surface area (TPSA) is 38.7 Å². The Balaban J connectivity index is 2.42. The van der Waals surface area contributed by atoms with E-state index in [9.17, 15) is 18.3 Å². The summed E-state index contributed by atoms with van der Waals surface area (Å²) in [5, 5.41) is 9.31. The van der Waals surface area contributed by atoms with Crippen LogP contribution in [0.1, 0.15) is 13.3 Å². The van der Waals surface area contributed by atoms with Gasteiger partial charge in [-0.3, -0.25) is 0 Å². The zero-order valence-corrected chi connectivity index (χ0v) is 7.75. The molecule has 0 aliphatic carbocycles. The Hall–Kier alpha value is -0.330. The molecule has 84 valence electrons. The first-order valence-corrected chi connectivity index (χ1v) is 4.39. The highest BCUT2D eigenvalue weighted by Gasteiger charge is 2.40. The maximum atomic E-state index is 12.1. The van der Waals surface area contributed by atoms with E-state index in [-0.39, 0.29) is 6.61 Å². The molecular weight excluding hydrogens is 201 g/mol. The number of aliphatic hydroxyl groups is 1. The molecule has 1 heterocycles. The molecule has 14 heavy (non-hydrogen) atoms. The minimum absolute atomic E-state index is 0.0155. The third-order valence-corrected chi connectivity index (χ3v) is 2.11. The standard InChI is InChI=1S/C8H13F3O3/c1-5(8(9,10)11)14-7-4-13-3-2-6(7)12/h5-7,12H,2-4H2,1H3. The highest BCUT2D eigenvalue weighted by molar-refractivity contribution is 4.75. The summed E-state index contributed by atoms with van der Waals surface area (Å²) in [5.41, 5.74) is 0. The summed E-state index contributed by atoms with van der Waals surface area (Å²) in [5.74, 6) is 0. The van der Waals surface area contributed by atoms with Crippen LogP contribution in [0.4, 0.5) is 13.2 Å². The van der Waals surface area contributed by atoms with Crippen molar-refractivity contribution in [1.29, 1.82) is 0 Å². The molecule has 0 aromatic rings. The molecule has 0 amide bonds. The molecule has 0 spiro atoms. The third-order valence-electron chi connectivity index (χ3n) is 2.11. The van der Waals surface area contributed by atoms with Crippen molar-refractivity contribution in [1.82, 2.24) is 0 Å². The maximum absolute atomic E-state index is 12.1. The molecular formula is C8H13F3O3. The first kappa shape index (κ1) is 11.7. The minimum Gasteiger partial charge on any atom is -0.390 e. The summed E-state index contributed by atoms with van der Waals surface area (Å²) in [4.78, 5) is 0. The molecule has 1 rings (SSSR count). The molecule has 3 unspecified atom stereocenters. The van der Waals surface area contributed by atoms with Crippen molar-refractivity contribution < 1.29 is 27.8 Å². The van der Waals surface area contributed by atoms with Crippen LogP contribution in [0.2, 0.25) is 0 Å². The summed E-state index contributed by atoms with van der Waals surface area (Å²) in [6.07, 6.45) is -7.69.